The average molecular weight is 506 g/mol. The first kappa shape index (κ1) is 22.7. The molecule has 8 nitrogen and oxygen atoms in total. The van der Waals surface area contributed by atoms with Gasteiger partial charge in [0.2, 0.25) is 5.89 Å². The van der Waals surface area contributed by atoms with Crippen LogP contribution >= 0.6 is 27.7 Å². The SMILES string of the molecule is COc1cc(OC)cc(-c2nnc(S/C(=C\c3ccc(N(C)C)c(Br)c3)C(=O)O)o2)c1. The summed E-state index contributed by atoms with van der Waals surface area (Å²) < 4.78 is 17.0. The summed E-state index contributed by atoms with van der Waals surface area (Å²) in [6.07, 6.45) is 1.55. The number of carboxylic acids is 1. The molecule has 1 aromatic heterocycles. The van der Waals surface area contributed by atoms with Crippen LogP contribution in [0.25, 0.3) is 17.5 Å². The molecule has 0 saturated carbocycles. The summed E-state index contributed by atoms with van der Waals surface area (Å²) in [6.45, 7) is 0. The van der Waals surface area contributed by atoms with Crippen LogP contribution in [0, 0.1) is 0 Å². The lowest BCUT2D eigenvalue weighted by Crippen LogP contribution is -2.09. The summed E-state index contributed by atoms with van der Waals surface area (Å²) in [6, 6.07) is 10.8. The van der Waals surface area contributed by atoms with Crippen LogP contribution in [0.15, 0.2) is 55.4 Å². The molecule has 0 amide bonds. The lowest BCUT2D eigenvalue weighted by atomic mass is 10.2. The molecule has 0 aliphatic rings. The van der Waals surface area contributed by atoms with Gasteiger partial charge < -0.3 is 23.9 Å². The van der Waals surface area contributed by atoms with E-state index in [0.717, 1.165) is 27.5 Å². The van der Waals surface area contributed by atoms with Gasteiger partial charge in [-0.2, -0.15) is 0 Å². The molecule has 3 aromatic rings. The van der Waals surface area contributed by atoms with E-state index >= 15 is 0 Å². The lowest BCUT2D eigenvalue weighted by Gasteiger charge is -2.14. The van der Waals surface area contributed by atoms with Gasteiger partial charge in [-0.05, 0) is 63.6 Å². The Hall–Kier alpha value is -2.98. The van der Waals surface area contributed by atoms with Gasteiger partial charge in [0.1, 0.15) is 16.4 Å². The van der Waals surface area contributed by atoms with Crippen molar-refractivity contribution in [3.8, 4) is 23.0 Å². The summed E-state index contributed by atoms with van der Waals surface area (Å²) in [5.74, 6) is 0.266. The zero-order chi connectivity index (χ0) is 22.5. The molecule has 162 valence electrons. The van der Waals surface area contributed by atoms with Gasteiger partial charge in [0, 0.05) is 30.2 Å². The Morgan fingerprint density at radius 3 is 2.35 bits per heavy atom. The highest BCUT2D eigenvalue weighted by Crippen LogP contribution is 2.34. The number of hydrogen-bond acceptors (Lipinski definition) is 8. The second-order valence-corrected chi connectivity index (χ2v) is 8.34. The van der Waals surface area contributed by atoms with E-state index in [-0.39, 0.29) is 16.0 Å². The van der Waals surface area contributed by atoms with Crippen LogP contribution in [0.3, 0.4) is 0 Å². The first-order valence-electron chi connectivity index (χ1n) is 8.97. The topological polar surface area (TPSA) is 97.9 Å². The molecule has 0 unspecified atom stereocenters. The van der Waals surface area contributed by atoms with Gasteiger partial charge >= 0.3 is 5.97 Å². The van der Waals surface area contributed by atoms with E-state index in [4.69, 9.17) is 13.9 Å². The van der Waals surface area contributed by atoms with Gasteiger partial charge in [0.25, 0.3) is 5.22 Å². The van der Waals surface area contributed by atoms with Crippen LogP contribution < -0.4 is 14.4 Å². The molecule has 0 fully saturated rings. The van der Waals surface area contributed by atoms with Crippen molar-refractivity contribution in [2.75, 3.05) is 33.2 Å². The minimum absolute atomic E-state index is 0.0444. The molecule has 1 N–H and O–H groups in total. The molecule has 0 atom stereocenters. The van der Waals surface area contributed by atoms with E-state index in [1.807, 2.05) is 37.2 Å². The van der Waals surface area contributed by atoms with Crippen molar-refractivity contribution < 1.29 is 23.8 Å². The fourth-order valence-electron chi connectivity index (χ4n) is 2.65. The number of aromatic nitrogens is 2. The molecule has 0 saturated heterocycles. The monoisotopic (exact) mass is 505 g/mol. The Morgan fingerprint density at radius 1 is 1.13 bits per heavy atom. The van der Waals surface area contributed by atoms with Gasteiger partial charge in [0.05, 0.1) is 19.9 Å². The second-order valence-electron chi connectivity index (χ2n) is 6.50. The van der Waals surface area contributed by atoms with Gasteiger partial charge in [0.15, 0.2) is 0 Å². The van der Waals surface area contributed by atoms with Crippen LogP contribution in [0.1, 0.15) is 5.56 Å². The molecular formula is C21H20BrN3O5S. The smallest absolute Gasteiger partial charge is 0.342 e. The van der Waals surface area contributed by atoms with Crippen LogP contribution in [-0.2, 0) is 4.79 Å². The van der Waals surface area contributed by atoms with Crippen molar-refractivity contribution in [2.45, 2.75) is 5.22 Å². The number of nitrogens with zero attached hydrogens (tertiary/aromatic N) is 3. The Balaban J connectivity index is 1.87. The van der Waals surface area contributed by atoms with Crippen LogP contribution in [0.5, 0.6) is 11.5 Å². The maximum absolute atomic E-state index is 11.8. The molecule has 0 spiro atoms. The fraction of sp³-hybridized carbons (Fsp3) is 0.190. The zero-order valence-corrected chi connectivity index (χ0v) is 19.7. The third kappa shape index (κ3) is 5.59. The number of carbonyl (C=O) groups is 1. The summed E-state index contributed by atoms with van der Waals surface area (Å²) in [5.41, 5.74) is 2.30. The lowest BCUT2D eigenvalue weighted by molar-refractivity contribution is -0.131. The largest absolute Gasteiger partial charge is 0.497 e. The number of hydrogen-bond donors (Lipinski definition) is 1. The summed E-state index contributed by atoms with van der Waals surface area (Å²) in [4.78, 5) is 13.8. The molecule has 3 rings (SSSR count). The van der Waals surface area contributed by atoms with Crippen LogP contribution in [0.2, 0.25) is 0 Å². The number of halogens is 1. The van der Waals surface area contributed by atoms with Crippen molar-refractivity contribution in [1.29, 1.82) is 0 Å². The standard InChI is InChI=1S/C21H20BrN3O5S/c1-25(2)17-6-5-12(7-16(17)22)8-18(20(26)27)31-21-24-23-19(30-21)13-9-14(28-3)11-15(10-13)29-4/h5-11H,1-4H3,(H,26,27)/b18-8-. The Labute approximate surface area is 192 Å². The van der Waals surface area contributed by atoms with E-state index in [2.05, 4.69) is 26.1 Å². The average Bonchev–Trinajstić information content (AvgIpc) is 3.21. The molecule has 0 aliphatic heterocycles. The highest BCUT2D eigenvalue weighted by molar-refractivity contribution is 9.10. The van der Waals surface area contributed by atoms with Crippen molar-refractivity contribution in [2.24, 2.45) is 0 Å². The first-order chi connectivity index (χ1) is 14.8. The molecular weight excluding hydrogens is 486 g/mol. The molecule has 0 aliphatic carbocycles. The Kier molecular flexibility index (Phi) is 7.24. The quantitative estimate of drug-likeness (QED) is 0.341. The van der Waals surface area contributed by atoms with E-state index in [0.29, 0.717) is 17.1 Å². The minimum atomic E-state index is -1.10. The maximum atomic E-state index is 11.8. The van der Waals surface area contributed by atoms with Gasteiger partial charge in [-0.25, -0.2) is 4.79 Å². The number of aliphatic carboxylic acids is 1. The normalized spacial score (nSPS) is 11.3. The van der Waals surface area contributed by atoms with E-state index < -0.39 is 5.97 Å². The second kappa shape index (κ2) is 9.88. The van der Waals surface area contributed by atoms with Crippen molar-refractivity contribution in [3.63, 3.8) is 0 Å². The zero-order valence-electron chi connectivity index (χ0n) is 17.2. The molecule has 10 heteroatoms. The minimum Gasteiger partial charge on any atom is -0.497 e. The van der Waals surface area contributed by atoms with Crippen molar-refractivity contribution in [1.82, 2.24) is 10.2 Å². The third-order valence-electron chi connectivity index (χ3n) is 4.16. The number of ether oxygens (including phenoxy) is 2. The van der Waals surface area contributed by atoms with E-state index in [1.54, 1.807) is 38.5 Å². The maximum Gasteiger partial charge on any atom is 0.342 e. The number of benzene rings is 2. The predicted molar refractivity (Wildman–Crippen MR) is 123 cm³/mol. The fourth-order valence-corrected chi connectivity index (χ4v) is 4.08. The molecule has 0 radical (unpaired) electrons. The molecule has 2 aromatic carbocycles. The Bertz CT molecular complexity index is 1110. The summed E-state index contributed by atoms with van der Waals surface area (Å²) in [7, 11) is 6.94. The van der Waals surface area contributed by atoms with Crippen molar-refractivity contribution in [3.05, 3.63) is 51.3 Å². The number of thioether (sulfide) groups is 1. The van der Waals surface area contributed by atoms with E-state index in [1.165, 1.54) is 0 Å². The number of anilines is 1. The molecule has 0 bridgehead atoms. The summed E-state index contributed by atoms with van der Waals surface area (Å²) in [5, 5.41) is 17.7. The molecule has 1 heterocycles. The Morgan fingerprint density at radius 2 is 1.81 bits per heavy atom. The van der Waals surface area contributed by atoms with Gasteiger partial charge in [-0.3, -0.25) is 0 Å². The number of rotatable bonds is 8. The third-order valence-corrected chi connectivity index (χ3v) is 5.65. The number of methoxy groups -OCH3 is 2. The van der Waals surface area contributed by atoms with Crippen LogP contribution in [-0.4, -0.2) is 49.6 Å². The summed E-state index contributed by atoms with van der Waals surface area (Å²) >= 11 is 4.38. The van der Waals surface area contributed by atoms with Crippen molar-refractivity contribution >= 4 is 45.4 Å². The van der Waals surface area contributed by atoms with E-state index in [9.17, 15) is 9.90 Å². The van der Waals surface area contributed by atoms with Crippen LogP contribution in [0.4, 0.5) is 5.69 Å². The highest BCUT2D eigenvalue weighted by atomic mass is 79.9. The first-order valence-corrected chi connectivity index (χ1v) is 10.6. The van der Waals surface area contributed by atoms with Gasteiger partial charge in [-0.1, -0.05) is 6.07 Å². The molecule has 31 heavy (non-hydrogen) atoms. The predicted octanol–water partition coefficient (Wildman–Crippen LogP) is 4.80. The van der Waals surface area contributed by atoms with Gasteiger partial charge in [-0.15, -0.1) is 10.2 Å². The number of carboxylic acid groups (broad SMARTS) is 1. The highest BCUT2D eigenvalue weighted by Gasteiger charge is 2.17.